The normalized spacial score (nSPS) is 27.6. The van der Waals surface area contributed by atoms with Crippen LogP contribution >= 0.6 is 0 Å². The second-order valence-electron chi connectivity index (χ2n) is 6.62. The van der Waals surface area contributed by atoms with Crippen LogP contribution in [0.5, 0.6) is 0 Å². The van der Waals surface area contributed by atoms with E-state index in [1.165, 1.54) is 29.5 Å². The van der Waals surface area contributed by atoms with Crippen LogP contribution in [-0.4, -0.2) is 12.2 Å². The standard InChI is InChI=1S/C18H30N2O/c1-5-21-18(10-8-13(2)9-11-18)17(20-19)16-7-6-14(3)15(4)12-16/h6-7,12-13,17,20H,5,8-11,19H2,1-4H3. The van der Waals surface area contributed by atoms with Crippen LogP contribution in [-0.2, 0) is 4.74 Å². The summed E-state index contributed by atoms with van der Waals surface area (Å²) in [5, 5.41) is 0. The van der Waals surface area contributed by atoms with Crippen LogP contribution in [0, 0.1) is 19.8 Å². The molecule has 1 fully saturated rings. The molecule has 0 aliphatic heterocycles. The molecule has 1 aliphatic rings. The lowest BCUT2D eigenvalue weighted by Gasteiger charge is -2.44. The van der Waals surface area contributed by atoms with Gasteiger partial charge in [-0.1, -0.05) is 25.1 Å². The molecule has 1 aliphatic carbocycles. The molecule has 0 aromatic heterocycles. The van der Waals surface area contributed by atoms with Crippen LogP contribution in [0.2, 0.25) is 0 Å². The Morgan fingerprint density at radius 3 is 2.48 bits per heavy atom. The van der Waals surface area contributed by atoms with Crippen molar-refractivity contribution < 1.29 is 4.74 Å². The minimum Gasteiger partial charge on any atom is -0.373 e. The summed E-state index contributed by atoms with van der Waals surface area (Å²) in [5.41, 5.74) is 6.75. The average molecular weight is 290 g/mol. The Labute approximate surface area is 129 Å². The molecule has 0 spiro atoms. The fourth-order valence-corrected chi connectivity index (χ4v) is 3.55. The molecule has 3 nitrogen and oxygen atoms in total. The van der Waals surface area contributed by atoms with Crippen LogP contribution in [0.3, 0.4) is 0 Å². The highest BCUT2D eigenvalue weighted by Crippen LogP contribution is 2.43. The lowest BCUT2D eigenvalue weighted by molar-refractivity contribution is -0.0977. The van der Waals surface area contributed by atoms with Crippen molar-refractivity contribution >= 4 is 0 Å². The molecule has 1 atom stereocenters. The van der Waals surface area contributed by atoms with Gasteiger partial charge < -0.3 is 4.74 Å². The molecule has 0 radical (unpaired) electrons. The Morgan fingerprint density at radius 1 is 1.29 bits per heavy atom. The molecule has 2 rings (SSSR count). The molecule has 118 valence electrons. The van der Waals surface area contributed by atoms with E-state index in [1.54, 1.807) is 0 Å². The van der Waals surface area contributed by atoms with Gasteiger partial charge in [0.05, 0.1) is 11.6 Å². The highest BCUT2D eigenvalue weighted by atomic mass is 16.5. The predicted molar refractivity (Wildman–Crippen MR) is 88.0 cm³/mol. The number of aryl methyl sites for hydroxylation is 2. The number of benzene rings is 1. The number of ether oxygens (including phenoxy) is 1. The van der Waals surface area contributed by atoms with Crippen molar-refractivity contribution in [2.75, 3.05) is 6.61 Å². The van der Waals surface area contributed by atoms with Gasteiger partial charge in [-0.25, -0.2) is 0 Å². The smallest absolute Gasteiger partial charge is 0.0889 e. The first-order chi connectivity index (χ1) is 10.0. The second kappa shape index (κ2) is 6.91. The number of hydrazine groups is 1. The number of nitrogens with two attached hydrogens (primary N) is 1. The molecule has 0 amide bonds. The maximum Gasteiger partial charge on any atom is 0.0889 e. The molecule has 0 saturated heterocycles. The van der Waals surface area contributed by atoms with Gasteiger partial charge in [0, 0.05) is 6.61 Å². The van der Waals surface area contributed by atoms with Gasteiger partial charge in [0.15, 0.2) is 0 Å². The van der Waals surface area contributed by atoms with Gasteiger partial charge in [-0.15, -0.1) is 0 Å². The van der Waals surface area contributed by atoms with Crippen molar-refractivity contribution in [3.05, 3.63) is 34.9 Å². The summed E-state index contributed by atoms with van der Waals surface area (Å²) in [4.78, 5) is 0. The maximum atomic E-state index is 6.25. The molecule has 1 saturated carbocycles. The van der Waals surface area contributed by atoms with Crippen LogP contribution in [0.4, 0.5) is 0 Å². The van der Waals surface area contributed by atoms with Crippen molar-refractivity contribution in [3.8, 4) is 0 Å². The Balaban J connectivity index is 2.33. The van der Waals surface area contributed by atoms with Crippen molar-refractivity contribution in [1.82, 2.24) is 5.43 Å². The molecule has 3 heteroatoms. The quantitative estimate of drug-likeness (QED) is 0.640. The van der Waals surface area contributed by atoms with E-state index < -0.39 is 0 Å². The summed E-state index contributed by atoms with van der Waals surface area (Å²) in [5.74, 6) is 6.73. The third-order valence-electron chi connectivity index (χ3n) is 5.11. The number of nitrogens with one attached hydrogen (secondary N) is 1. The molecular formula is C18H30N2O. The topological polar surface area (TPSA) is 47.3 Å². The van der Waals surface area contributed by atoms with Gasteiger partial charge in [-0.3, -0.25) is 11.3 Å². The lowest BCUT2D eigenvalue weighted by atomic mass is 9.73. The first-order valence-electron chi connectivity index (χ1n) is 8.19. The predicted octanol–water partition coefficient (Wildman–Crippen LogP) is 3.79. The first kappa shape index (κ1) is 16.5. The number of hydrogen-bond acceptors (Lipinski definition) is 3. The van der Waals surface area contributed by atoms with E-state index in [9.17, 15) is 0 Å². The molecule has 21 heavy (non-hydrogen) atoms. The summed E-state index contributed by atoms with van der Waals surface area (Å²) in [7, 11) is 0. The number of hydrogen-bond donors (Lipinski definition) is 2. The minimum atomic E-state index is -0.169. The summed E-state index contributed by atoms with van der Waals surface area (Å²) in [6.07, 6.45) is 4.57. The van der Waals surface area contributed by atoms with Gasteiger partial charge >= 0.3 is 0 Å². The van der Waals surface area contributed by atoms with Gasteiger partial charge in [-0.2, -0.15) is 0 Å². The van der Waals surface area contributed by atoms with E-state index in [-0.39, 0.29) is 11.6 Å². The number of rotatable bonds is 5. The molecule has 1 aromatic carbocycles. The highest BCUT2D eigenvalue weighted by molar-refractivity contribution is 5.33. The van der Waals surface area contributed by atoms with Crippen LogP contribution < -0.4 is 11.3 Å². The van der Waals surface area contributed by atoms with E-state index in [0.29, 0.717) is 0 Å². The van der Waals surface area contributed by atoms with E-state index in [0.717, 1.165) is 25.4 Å². The lowest BCUT2D eigenvalue weighted by Crippen LogP contribution is -2.50. The summed E-state index contributed by atoms with van der Waals surface area (Å²) < 4.78 is 6.25. The highest BCUT2D eigenvalue weighted by Gasteiger charge is 2.42. The largest absolute Gasteiger partial charge is 0.373 e. The molecule has 0 bridgehead atoms. The van der Waals surface area contributed by atoms with E-state index in [1.807, 2.05) is 0 Å². The molecule has 3 N–H and O–H groups in total. The summed E-state index contributed by atoms with van der Waals surface area (Å²) >= 11 is 0. The van der Waals surface area contributed by atoms with Crippen molar-refractivity contribution in [3.63, 3.8) is 0 Å². The maximum absolute atomic E-state index is 6.25. The van der Waals surface area contributed by atoms with Gasteiger partial charge in [0.1, 0.15) is 0 Å². The first-order valence-corrected chi connectivity index (χ1v) is 8.19. The third kappa shape index (κ3) is 3.47. The fraction of sp³-hybridized carbons (Fsp3) is 0.667. The third-order valence-corrected chi connectivity index (χ3v) is 5.11. The molecule has 0 heterocycles. The zero-order chi connectivity index (χ0) is 15.5. The average Bonchev–Trinajstić information content (AvgIpc) is 2.47. The summed E-state index contributed by atoms with van der Waals surface area (Å²) in [6, 6.07) is 6.67. The Bertz CT molecular complexity index is 464. The van der Waals surface area contributed by atoms with Crippen LogP contribution in [0.25, 0.3) is 0 Å². The zero-order valence-electron chi connectivity index (χ0n) is 13.9. The van der Waals surface area contributed by atoms with E-state index >= 15 is 0 Å². The van der Waals surface area contributed by atoms with Gasteiger partial charge in [0.2, 0.25) is 0 Å². The van der Waals surface area contributed by atoms with Crippen molar-refractivity contribution in [2.24, 2.45) is 11.8 Å². The molecular weight excluding hydrogens is 260 g/mol. The SMILES string of the molecule is CCOC1(C(NN)c2ccc(C)c(C)c2)CCC(C)CC1. The van der Waals surface area contributed by atoms with Gasteiger partial charge in [-0.05, 0) is 69.1 Å². The van der Waals surface area contributed by atoms with Crippen LogP contribution in [0.1, 0.15) is 62.3 Å². The molecule has 1 aromatic rings. The van der Waals surface area contributed by atoms with Crippen LogP contribution in [0.15, 0.2) is 18.2 Å². The van der Waals surface area contributed by atoms with Crippen molar-refractivity contribution in [2.45, 2.75) is 65.0 Å². The fourth-order valence-electron chi connectivity index (χ4n) is 3.55. The van der Waals surface area contributed by atoms with E-state index in [2.05, 4.69) is 51.3 Å². The Morgan fingerprint density at radius 2 is 1.95 bits per heavy atom. The Kier molecular flexibility index (Phi) is 5.42. The van der Waals surface area contributed by atoms with Crippen molar-refractivity contribution in [1.29, 1.82) is 0 Å². The zero-order valence-corrected chi connectivity index (χ0v) is 13.9. The molecule has 1 unspecified atom stereocenters. The Hall–Kier alpha value is -0.900. The van der Waals surface area contributed by atoms with Gasteiger partial charge in [0.25, 0.3) is 0 Å². The summed E-state index contributed by atoms with van der Waals surface area (Å²) in [6.45, 7) is 9.44. The monoisotopic (exact) mass is 290 g/mol. The second-order valence-corrected chi connectivity index (χ2v) is 6.62. The minimum absolute atomic E-state index is 0.0595. The van der Waals surface area contributed by atoms with E-state index in [4.69, 9.17) is 10.6 Å².